The van der Waals surface area contributed by atoms with Crippen molar-refractivity contribution >= 4 is 0 Å². The van der Waals surface area contributed by atoms with Gasteiger partial charge in [0.2, 0.25) is 12.6 Å². The summed E-state index contributed by atoms with van der Waals surface area (Å²) in [7, 11) is 4.24. The number of aliphatic hydroxyl groups excluding tert-OH is 2. The Kier molecular flexibility index (Phi) is 5.56. The van der Waals surface area contributed by atoms with Gasteiger partial charge in [-0.2, -0.15) is 0 Å². The monoisotopic (exact) mass is 238 g/mol. The molecule has 7 heteroatoms. The van der Waals surface area contributed by atoms with Crippen molar-refractivity contribution in [1.29, 1.82) is 0 Å². The van der Waals surface area contributed by atoms with Crippen LogP contribution in [0.1, 0.15) is 0 Å². The summed E-state index contributed by atoms with van der Waals surface area (Å²) in [5, 5.41) is 18.7. The van der Waals surface area contributed by atoms with Crippen LogP contribution in [0, 0.1) is 0 Å². The first-order chi connectivity index (χ1) is 7.67. The molecular formula is C9H18O7. The molecule has 1 aliphatic rings. The lowest BCUT2D eigenvalue weighted by atomic mass is 10.2. The van der Waals surface area contributed by atoms with Gasteiger partial charge >= 0.3 is 0 Å². The van der Waals surface area contributed by atoms with Crippen LogP contribution >= 0.6 is 0 Å². The molecule has 5 atom stereocenters. The standard InChI is InChI=1S/C9H18O7/c1-12-5(4-10)6-7(11)16-9(14-3)8(13-2)15-6/h5-11H,4H2,1-3H3/t5-,6+,7-,8+,9-/m1/s1. The van der Waals surface area contributed by atoms with Gasteiger partial charge in [-0.25, -0.2) is 0 Å². The highest BCUT2D eigenvalue weighted by Crippen LogP contribution is 2.23. The van der Waals surface area contributed by atoms with E-state index in [1.54, 1.807) is 0 Å². The summed E-state index contributed by atoms with van der Waals surface area (Å²) in [6, 6.07) is 0. The Labute approximate surface area is 93.8 Å². The summed E-state index contributed by atoms with van der Waals surface area (Å²) in [6.07, 6.45) is -4.35. The van der Waals surface area contributed by atoms with Gasteiger partial charge in [-0.15, -0.1) is 0 Å². The first-order valence-electron chi connectivity index (χ1n) is 4.86. The van der Waals surface area contributed by atoms with Gasteiger partial charge in [0, 0.05) is 21.3 Å². The van der Waals surface area contributed by atoms with E-state index in [9.17, 15) is 5.11 Å². The lowest BCUT2D eigenvalue weighted by Crippen LogP contribution is -2.56. The van der Waals surface area contributed by atoms with Gasteiger partial charge in [0.15, 0.2) is 6.29 Å². The average molecular weight is 238 g/mol. The van der Waals surface area contributed by atoms with E-state index in [4.69, 9.17) is 28.8 Å². The third-order valence-electron chi connectivity index (χ3n) is 2.38. The fourth-order valence-electron chi connectivity index (χ4n) is 1.48. The summed E-state index contributed by atoms with van der Waals surface area (Å²) in [5.74, 6) is 0. The molecule has 1 heterocycles. The Balaban J connectivity index is 2.66. The van der Waals surface area contributed by atoms with Crippen LogP contribution in [0.15, 0.2) is 0 Å². The summed E-state index contributed by atoms with van der Waals surface area (Å²) < 4.78 is 25.4. The Morgan fingerprint density at radius 2 is 1.69 bits per heavy atom. The molecule has 1 aliphatic heterocycles. The van der Waals surface area contributed by atoms with Crippen LogP contribution in [0.25, 0.3) is 0 Å². The van der Waals surface area contributed by atoms with Crippen molar-refractivity contribution in [1.82, 2.24) is 0 Å². The van der Waals surface area contributed by atoms with E-state index in [1.807, 2.05) is 0 Å². The van der Waals surface area contributed by atoms with E-state index in [0.717, 1.165) is 0 Å². The Bertz CT molecular complexity index is 196. The summed E-state index contributed by atoms with van der Waals surface area (Å²) in [6.45, 7) is -0.296. The minimum atomic E-state index is -1.24. The summed E-state index contributed by atoms with van der Waals surface area (Å²) >= 11 is 0. The number of ether oxygens (including phenoxy) is 5. The van der Waals surface area contributed by atoms with Crippen LogP contribution in [0.5, 0.6) is 0 Å². The molecule has 0 bridgehead atoms. The quantitative estimate of drug-likeness (QED) is 0.613. The van der Waals surface area contributed by atoms with E-state index in [-0.39, 0.29) is 6.61 Å². The minimum Gasteiger partial charge on any atom is -0.394 e. The highest BCUT2D eigenvalue weighted by molar-refractivity contribution is 4.78. The molecule has 0 unspecified atom stereocenters. The van der Waals surface area contributed by atoms with Crippen molar-refractivity contribution in [2.24, 2.45) is 0 Å². The van der Waals surface area contributed by atoms with Crippen LogP contribution in [-0.4, -0.2) is 69.2 Å². The van der Waals surface area contributed by atoms with Crippen LogP contribution in [0.4, 0.5) is 0 Å². The second kappa shape index (κ2) is 6.45. The second-order valence-corrected chi connectivity index (χ2v) is 3.29. The average Bonchev–Trinajstić information content (AvgIpc) is 2.32. The molecule has 1 rings (SSSR count). The van der Waals surface area contributed by atoms with Gasteiger partial charge in [0.1, 0.15) is 12.2 Å². The van der Waals surface area contributed by atoms with Gasteiger partial charge < -0.3 is 33.9 Å². The largest absolute Gasteiger partial charge is 0.394 e. The van der Waals surface area contributed by atoms with Crippen LogP contribution < -0.4 is 0 Å². The van der Waals surface area contributed by atoms with E-state index < -0.39 is 31.1 Å². The lowest BCUT2D eigenvalue weighted by Gasteiger charge is -2.39. The molecule has 1 fully saturated rings. The summed E-state index contributed by atoms with van der Waals surface area (Å²) in [4.78, 5) is 0. The SMILES string of the molecule is CO[C@@H]1O[C@@H](O)[C@H]([C@@H](CO)OC)O[C@@H]1OC. The van der Waals surface area contributed by atoms with Gasteiger partial charge in [0.25, 0.3) is 0 Å². The molecule has 0 aromatic carbocycles. The molecule has 7 nitrogen and oxygen atoms in total. The Hall–Kier alpha value is -0.280. The van der Waals surface area contributed by atoms with Crippen molar-refractivity contribution in [3.8, 4) is 0 Å². The zero-order valence-corrected chi connectivity index (χ0v) is 9.53. The van der Waals surface area contributed by atoms with Crippen molar-refractivity contribution in [2.45, 2.75) is 31.1 Å². The molecule has 0 spiro atoms. The fourth-order valence-corrected chi connectivity index (χ4v) is 1.48. The van der Waals surface area contributed by atoms with E-state index in [2.05, 4.69) is 0 Å². The Morgan fingerprint density at radius 3 is 2.12 bits per heavy atom. The smallest absolute Gasteiger partial charge is 0.211 e. The van der Waals surface area contributed by atoms with E-state index in [1.165, 1.54) is 21.3 Å². The molecule has 0 saturated carbocycles. The molecule has 0 aliphatic carbocycles. The maximum absolute atomic E-state index is 9.64. The molecule has 1 saturated heterocycles. The zero-order valence-electron chi connectivity index (χ0n) is 9.53. The van der Waals surface area contributed by atoms with E-state index >= 15 is 0 Å². The number of methoxy groups -OCH3 is 3. The minimum absolute atomic E-state index is 0.296. The predicted octanol–water partition coefficient (Wildman–Crippen LogP) is -1.33. The molecule has 0 radical (unpaired) electrons. The van der Waals surface area contributed by atoms with Crippen LogP contribution in [0.3, 0.4) is 0 Å². The van der Waals surface area contributed by atoms with Crippen molar-refractivity contribution < 1.29 is 33.9 Å². The van der Waals surface area contributed by atoms with Crippen molar-refractivity contribution in [2.75, 3.05) is 27.9 Å². The van der Waals surface area contributed by atoms with Crippen molar-refractivity contribution in [3.63, 3.8) is 0 Å². The predicted molar refractivity (Wildman–Crippen MR) is 51.4 cm³/mol. The van der Waals surface area contributed by atoms with E-state index in [0.29, 0.717) is 0 Å². The van der Waals surface area contributed by atoms with Gasteiger partial charge in [-0.05, 0) is 0 Å². The fraction of sp³-hybridized carbons (Fsp3) is 1.00. The van der Waals surface area contributed by atoms with Gasteiger partial charge in [-0.3, -0.25) is 0 Å². The number of hydrogen-bond acceptors (Lipinski definition) is 7. The zero-order chi connectivity index (χ0) is 12.1. The molecule has 0 aromatic heterocycles. The maximum atomic E-state index is 9.64. The molecule has 16 heavy (non-hydrogen) atoms. The summed E-state index contributed by atoms with van der Waals surface area (Å²) in [5.41, 5.74) is 0. The molecular weight excluding hydrogens is 220 g/mol. The maximum Gasteiger partial charge on any atom is 0.211 e. The lowest BCUT2D eigenvalue weighted by molar-refractivity contribution is -0.396. The van der Waals surface area contributed by atoms with Crippen LogP contribution in [0.2, 0.25) is 0 Å². The van der Waals surface area contributed by atoms with Gasteiger partial charge in [-0.1, -0.05) is 0 Å². The third kappa shape index (κ3) is 2.89. The highest BCUT2D eigenvalue weighted by Gasteiger charge is 2.42. The molecule has 2 N–H and O–H groups in total. The third-order valence-corrected chi connectivity index (χ3v) is 2.38. The number of rotatable bonds is 5. The van der Waals surface area contributed by atoms with Crippen molar-refractivity contribution in [3.05, 3.63) is 0 Å². The first-order valence-corrected chi connectivity index (χ1v) is 4.86. The first kappa shape index (κ1) is 13.8. The second-order valence-electron chi connectivity index (χ2n) is 3.29. The Morgan fingerprint density at radius 1 is 1.12 bits per heavy atom. The molecule has 0 amide bonds. The highest BCUT2D eigenvalue weighted by atomic mass is 16.8. The van der Waals surface area contributed by atoms with Crippen LogP contribution in [-0.2, 0) is 23.7 Å². The normalized spacial score (nSPS) is 37.3. The topological polar surface area (TPSA) is 86.6 Å². The number of aliphatic hydroxyl groups is 2. The molecule has 96 valence electrons. The van der Waals surface area contributed by atoms with Gasteiger partial charge in [0.05, 0.1) is 6.61 Å². The number of hydrogen-bond donors (Lipinski definition) is 2. The molecule has 0 aromatic rings.